The van der Waals surface area contributed by atoms with Crippen molar-refractivity contribution in [1.82, 2.24) is 19.5 Å². The van der Waals surface area contributed by atoms with Crippen molar-refractivity contribution in [3.05, 3.63) is 40.4 Å². The van der Waals surface area contributed by atoms with Crippen LogP contribution in [0.15, 0.2) is 29.2 Å². The predicted molar refractivity (Wildman–Crippen MR) is 123 cm³/mol. The Balaban J connectivity index is 1.72. The molecule has 0 spiro atoms. The molecular formula is C23H29N5O5. The number of aryl methyl sites for hydroxylation is 1. The fourth-order valence-electron chi connectivity index (χ4n) is 4.35. The molecule has 1 aliphatic carbocycles. The molecule has 3 aromatic heterocycles. The van der Waals surface area contributed by atoms with Gasteiger partial charge in [0.1, 0.15) is 11.8 Å². The fourth-order valence-corrected chi connectivity index (χ4v) is 4.35. The van der Waals surface area contributed by atoms with Crippen LogP contribution in [-0.4, -0.2) is 62.3 Å². The van der Waals surface area contributed by atoms with E-state index in [-0.39, 0.29) is 36.9 Å². The average molecular weight is 456 g/mol. The first kappa shape index (κ1) is 23.1. The molecule has 33 heavy (non-hydrogen) atoms. The van der Waals surface area contributed by atoms with E-state index in [4.69, 9.17) is 20.3 Å². The highest BCUT2D eigenvalue weighted by Crippen LogP contribution is 2.33. The third-order valence-corrected chi connectivity index (χ3v) is 6.10. The Morgan fingerprint density at radius 1 is 1.24 bits per heavy atom. The van der Waals surface area contributed by atoms with Crippen molar-refractivity contribution in [2.45, 2.75) is 50.9 Å². The summed E-state index contributed by atoms with van der Waals surface area (Å²) in [6.45, 7) is 1.62. The largest absolute Gasteiger partial charge is 0.481 e. The lowest BCUT2D eigenvalue weighted by Crippen LogP contribution is -2.33. The molecule has 3 heterocycles. The van der Waals surface area contributed by atoms with Crippen LogP contribution in [0, 0.1) is 6.92 Å². The Hall–Kier alpha value is -3.08. The maximum atomic E-state index is 13.7. The normalized spacial score (nSPS) is 19.5. The molecule has 10 heteroatoms. The van der Waals surface area contributed by atoms with E-state index in [1.807, 2.05) is 13.0 Å². The number of aromatic nitrogens is 4. The minimum atomic E-state index is -0.883. The van der Waals surface area contributed by atoms with Crippen molar-refractivity contribution in [3.63, 3.8) is 0 Å². The zero-order valence-corrected chi connectivity index (χ0v) is 18.8. The van der Waals surface area contributed by atoms with Crippen LogP contribution in [0.25, 0.3) is 22.2 Å². The molecule has 0 radical (unpaired) electrons. The quantitative estimate of drug-likeness (QED) is 0.483. The van der Waals surface area contributed by atoms with Crippen molar-refractivity contribution < 1.29 is 19.7 Å². The molecule has 0 saturated heterocycles. The van der Waals surface area contributed by atoms with Gasteiger partial charge in [-0.3, -0.25) is 9.36 Å². The highest BCUT2D eigenvalue weighted by molar-refractivity contribution is 5.84. The third-order valence-electron chi connectivity index (χ3n) is 6.10. The molecule has 0 aromatic carbocycles. The summed E-state index contributed by atoms with van der Waals surface area (Å²) in [5.41, 5.74) is 8.19. The summed E-state index contributed by atoms with van der Waals surface area (Å²) in [5.74, 6) is 0.596. The summed E-state index contributed by atoms with van der Waals surface area (Å²) in [4.78, 5) is 26.7. The minimum absolute atomic E-state index is 0.0279. The molecule has 0 aliphatic heterocycles. The molecular weight excluding hydrogens is 426 g/mol. The van der Waals surface area contributed by atoms with Crippen LogP contribution in [0.3, 0.4) is 0 Å². The second-order valence-corrected chi connectivity index (χ2v) is 8.33. The molecule has 1 saturated carbocycles. The summed E-state index contributed by atoms with van der Waals surface area (Å²) < 4.78 is 12.6. The smallest absolute Gasteiger partial charge is 0.260 e. The number of aliphatic hydroxyl groups excluding tert-OH is 2. The van der Waals surface area contributed by atoms with Crippen LogP contribution in [-0.2, 0) is 4.74 Å². The molecule has 10 nitrogen and oxygen atoms in total. The van der Waals surface area contributed by atoms with Gasteiger partial charge >= 0.3 is 0 Å². The molecule has 1 atom stereocenters. The summed E-state index contributed by atoms with van der Waals surface area (Å²) >= 11 is 0. The lowest BCUT2D eigenvalue weighted by Gasteiger charge is -2.31. The number of hydrogen-bond acceptors (Lipinski definition) is 9. The minimum Gasteiger partial charge on any atom is -0.481 e. The van der Waals surface area contributed by atoms with E-state index < -0.39 is 6.10 Å². The number of pyridine rings is 2. The van der Waals surface area contributed by atoms with Crippen molar-refractivity contribution in [3.8, 4) is 17.0 Å². The molecule has 176 valence electrons. The van der Waals surface area contributed by atoms with Gasteiger partial charge in [-0.15, -0.1) is 0 Å². The zero-order chi connectivity index (χ0) is 23.5. The van der Waals surface area contributed by atoms with Crippen LogP contribution in [0.5, 0.6) is 5.88 Å². The Kier molecular flexibility index (Phi) is 6.87. The van der Waals surface area contributed by atoms with E-state index in [1.165, 1.54) is 0 Å². The van der Waals surface area contributed by atoms with Gasteiger partial charge in [-0.1, -0.05) is 0 Å². The van der Waals surface area contributed by atoms with Crippen LogP contribution < -0.4 is 16.0 Å². The number of rotatable bonds is 7. The number of ether oxygens (including phenoxy) is 2. The van der Waals surface area contributed by atoms with Gasteiger partial charge in [-0.05, 0) is 44.7 Å². The van der Waals surface area contributed by atoms with Gasteiger partial charge < -0.3 is 25.4 Å². The molecule has 4 N–H and O–H groups in total. The first-order valence-corrected chi connectivity index (χ1v) is 11.0. The first-order valence-electron chi connectivity index (χ1n) is 11.0. The summed E-state index contributed by atoms with van der Waals surface area (Å²) in [6.07, 6.45) is 3.59. The van der Waals surface area contributed by atoms with E-state index in [2.05, 4.69) is 15.0 Å². The Morgan fingerprint density at radius 3 is 2.64 bits per heavy atom. The molecule has 1 fully saturated rings. The van der Waals surface area contributed by atoms with E-state index in [1.54, 1.807) is 30.0 Å². The van der Waals surface area contributed by atoms with Crippen LogP contribution in [0.1, 0.15) is 37.4 Å². The van der Waals surface area contributed by atoms with Gasteiger partial charge in [-0.2, -0.15) is 4.98 Å². The first-order chi connectivity index (χ1) is 15.9. The third kappa shape index (κ3) is 4.82. The van der Waals surface area contributed by atoms with Crippen molar-refractivity contribution in [2.75, 3.05) is 26.1 Å². The van der Waals surface area contributed by atoms with Crippen molar-refractivity contribution in [1.29, 1.82) is 0 Å². The number of aliphatic hydroxyl groups is 2. The second kappa shape index (κ2) is 9.82. The lowest BCUT2D eigenvalue weighted by atomic mass is 9.92. The van der Waals surface area contributed by atoms with E-state index in [0.29, 0.717) is 41.2 Å². The predicted octanol–water partition coefficient (Wildman–Crippen LogP) is 1.61. The van der Waals surface area contributed by atoms with Gasteiger partial charge in [0.25, 0.3) is 5.56 Å². The molecule has 0 bridgehead atoms. The molecule has 0 unspecified atom stereocenters. The highest BCUT2D eigenvalue weighted by Gasteiger charge is 2.27. The molecule has 0 amide bonds. The van der Waals surface area contributed by atoms with Gasteiger partial charge in [0, 0.05) is 34.8 Å². The zero-order valence-electron chi connectivity index (χ0n) is 18.8. The van der Waals surface area contributed by atoms with Gasteiger partial charge in [0.15, 0.2) is 0 Å². The van der Waals surface area contributed by atoms with Crippen molar-refractivity contribution >= 4 is 17.0 Å². The second-order valence-electron chi connectivity index (χ2n) is 8.33. The Morgan fingerprint density at radius 2 is 2.00 bits per heavy atom. The average Bonchev–Trinajstić information content (AvgIpc) is 2.83. The highest BCUT2D eigenvalue weighted by atomic mass is 16.5. The molecule has 4 rings (SSSR count). The van der Waals surface area contributed by atoms with Crippen molar-refractivity contribution in [2.24, 2.45) is 0 Å². The van der Waals surface area contributed by atoms with E-state index >= 15 is 0 Å². The SMILES string of the molecule is COc1ccc(-c2cc3c(C)nc(N)nc3n(C3CCC(OC[C@@H](O)CO)CC3)c2=O)cn1. The summed E-state index contributed by atoms with van der Waals surface area (Å²) in [5, 5.41) is 19.3. The monoisotopic (exact) mass is 455 g/mol. The standard InChI is InChI=1S/C23H29N5O5/c1-13-18-9-19(14-3-8-20(32-2)25-10-14)22(31)28(21(18)27-23(24)26-13)15-4-6-17(7-5-15)33-12-16(30)11-29/h3,8-10,15-17,29-30H,4-7,11-12H2,1-2H3,(H2,24,26,27)/t15?,16-,17?/m0/s1. The molecule has 1 aliphatic rings. The van der Waals surface area contributed by atoms with E-state index in [9.17, 15) is 9.90 Å². The topological polar surface area (TPSA) is 146 Å². The van der Waals surface area contributed by atoms with Gasteiger partial charge in [0.2, 0.25) is 11.8 Å². The number of nitrogens with zero attached hydrogens (tertiary/aromatic N) is 4. The van der Waals surface area contributed by atoms with Gasteiger partial charge in [-0.25, -0.2) is 9.97 Å². The number of nitrogen functional groups attached to an aromatic ring is 1. The number of anilines is 1. The Bertz CT molecular complexity index is 1170. The molecule has 3 aromatic rings. The fraction of sp³-hybridized carbons (Fsp3) is 0.478. The summed E-state index contributed by atoms with van der Waals surface area (Å²) in [6, 6.07) is 5.25. The number of nitrogens with two attached hydrogens (primary N) is 1. The maximum absolute atomic E-state index is 13.7. The number of fused-ring (bicyclic) bond motifs is 1. The Labute approximate surface area is 191 Å². The van der Waals surface area contributed by atoms with Crippen LogP contribution in [0.4, 0.5) is 5.95 Å². The van der Waals surface area contributed by atoms with Crippen LogP contribution >= 0.6 is 0 Å². The number of methoxy groups -OCH3 is 1. The van der Waals surface area contributed by atoms with E-state index in [0.717, 1.165) is 18.2 Å². The van der Waals surface area contributed by atoms with Gasteiger partial charge in [0.05, 0.1) is 32.1 Å². The summed E-state index contributed by atoms with van der Waals surface area (Å²) in [7, 11) is 1.54. The van der Waals surface area contributed by atoms with Crippen LogP contribution in [0.2, 0.25) is 0 Å². The maximum Gasteiger partial charge on any atom is 0.260 e. The lowest BCUT2D eigenvalue weighted by molar-refractivity contribution is -0.0434. The number of hydrogen-bond donors (Lipinski definition) is 3.